The molecule has 1 atom stereocenters. The quantitative estimate of drug-likeness (QED) is 0.491. The molecule has 1 unspecified atom stereocenters. The Morgan fingerprint density at radius 1 is 1.50 bits per heavy atom. The van der Waals surface area contributed by atoms with E-state index in [4.69, 9.17) is 4.52 Å². The van der Waals surface area contributed by atoms with E-state index in [0.29, 0.717) is 6.61 Å². The van der Waals surface area contributed by atoms with E-state index < -0.39 is 7.37 Å². The van der Waals surface area contributed by atoms with Gasteiger partial charge in [-0.25, -0.2) is 0 Å². The van der Waals surface area contributed by atoms with Gasteiger partial charge in [-0.1, -0.05) is 0 Å². The predicted octanol–water partition coefficient (Wildman–Crippen LogP) is 1.49. The van der Waals surface area contributed by atoms with Crippen molar-refractivity contribution in [2.24, 2.45) is 0 Å². The number of hydrogen-bond donors (Lipinski definition) is 0. The van der Waals surface area contributed by atoms with Gasteiger partial charge in [-0.15, -0.1) is 0 Å². The Hall–Kier alpha value is -0.340. The third kappa shape index (κ3) is 5.33. The van der Waals surface area contributed by atoms with Crippen molar-refractivity contribution in [1.29, 1.82) is 0 Å². The SMILES string of the molecule is CCOC(=O)CCP(C)(=O)OC. The predicted molar refractivity (Wildman–Crippen MR) is 46.7 cm³/mol. The maximum atomic E-state index is 11.3. The van der Waals surface area contributed by atoms with E-state index in [2.05, 4.69) is 4.74 Å². The molecule has 0 saturated carbocycles. The van der Waals surface area contributed by atoms with Gasteiger partial charge in [-0.3, -0.25) is 9.36 Å². The van der Waals surface area contributed by atoms with E-state index >= 15 is 0 Å². The molecule has 0 fully saturated rings. The molecule has 0 aromatic carbocycles. The van der Waals surface area contributed by atoms with Gasteiger partial charge in [-0.05, 0) is 6.92 Å². The summed E-state index contributed by atoms with van der Waals surface area (Å²) in [6, 6.07) is 0. The summed E-state index contributed by atoms with van der Waals surface area (Å²) < 4.78 is 20.6. The van der Waals surface area contributed by atoms with E-state index in [9.17, 15) is 9.36 Å². The van der Waals surface area contributed by atoms with E-state index in [1.807, 2.05) is 0 Å². The van der Waals surface area contributed by atoms with Gasteiger partial charge in [0.25, 0.3) is 0 Å². The number of hydrogen-bond acceptors (Lipinski definition) is 4. The lowest BCUT2D eigenvalue weighted by atomic mass is 10.5. The first-order chi connectivity index (χ1) is 5.52. The van der Waals surface area contributed by atoms with E-state index in [1.165, 1.54) is 13.8 Å². The van der Waals surface area contributed by atoms with Crippen LogP contribution in [-0.4, -0.2) is 32.5 Å². The fraction of sp³-hybridized carbons (Fsp3) is 0.857. The van der Waals surface area contributed by atoms with Crippen LogP contribution in [0.15, 0.2) is 0 Å². The molecule has 0 rings (SSSR count). The van der Waals surface area contributed by atoms with Crippen molar-refractivity contribution in [3.63, 3.8) is 0 Å². The Balaban J connectivity index is 3.68. The Kier molecular flexibility index (Phi) is 5.18. The minimum absolute atomic E-state index is 0.162. The molecule has 0 aromatic heterocycles. The number of ether oxygens (including phenoxy) is 1. The average molecular weight is 194 g/mol. The van der Waals surface area contributed by atoms with Gasteiger partial charge in [0, 0.05) is 19.9 Å². The van der Waals surface area contributed by atoms with Crippen molar-refractivity contribution in [2.75, 3.05) is 26.5 Å². The zero-order valence-electron chi connectivity index (χ0n) is 7.70. The molecule has 0 spiro atoms. The van der Waals surface area contributed by atoms with Crippen LogP contribution in [-0.2, 0) is 18.6 Å². The van der Waals surface area contributed by atoms with Crippen molar-refractivity contribution in [3.05, 3.63) is 0 Å². The Morgan fingerprint density at radius 2 is 2.08 bits per heavy atom. The molecule has 0 radical (unpaired) electrons. The lowest BCUT2D eigenvalue weighted by molar-refractivity contribution is -0.142. The van der Waals surface area contributed by atoms with Crippen molar-refractivity contribution in [3.8, 4) is 0 Å². The summed E-state index contributed by atoms with van der Waals surface area (Å²) in [5, 5.41) is 0. The third-order valence-corrected chi connectivity index (χ3v) is 3.22. The molecule has 5 heteroatoms. The van der Waals surface area contributed by atoms with Gasteiger partial charge in [0.15, 0.2) is 0 Å². The van der Waals surface area contributed by atoms with Gasteiger partial charge >= 0.3 is 5.97 Å². The van der Waals surface area contributed by atoms with Gasteiger partial charge < -0.3 is 9.26 Å². The maximum Gasteiger partial charge on any atom is 0.306 e. The van der Waals surface area contributed by atoms with Crippen LogP contribution >= 0.6 is 7.37 Å². The molecule has 0 saturated heterocycles. The number of carbonyl (C=O) groups excluding carboxylic acids is 1. The Labute approximate surface area is 72.7 Å². The fourth-order valence-corrected chi connectivity index (χ4v) is 1.39. The lowest BCUT2D eigenvalue weighted by Crippen LogP contribution is -2.06. The highest BCUT2D eigenvalue weighted by molar-refractivity contribution is 7.58. The van der Waals surface area contributed by atoms with Crippen LogP contribution < -0.4 is 0 Å². The van der Waals surface area contributed by atoms with E-state index in [1.54, 1.807) is 6.92 Å². The van der Waals surface area contributed by atoms with Crippen LogP contribution in [0.3, 0.4) is 0 Å². The first kappa shape index (κ1) is 11.7. The summed E-state index contributed by atoms with van der Waals surface area (Å²) in [6.07, 6.45) is 0.414. The summed E-state index contributed by atoms with van der Waals surface area (Å²) in [4.78, 5) is 10.8. The minimum atomic E-state index is -2.55. The lowest BCUT2D eigenvalue weighted by Gasteiger charge is -2.08. The Bertz CT molecular complexity index is 190. The highest BCUT2D eigenvalue weighted by Gasteiger charge is 2.15. The molecule has 0 N–H and O–H groups in total. The maximum absolute atomic E-state index is 11.3. The highest BCUT2D eigenvalue weighted by atomic mass is 31.2. The zero-order valence-corrected chi connectivity index (χ0v) is 8.60. The van der Waals surface area contributed by atoms with Gasteiger partial charge in [-0.2, -0.15) is 0 Å². The molecule has 72 valence electrons. The molecular weight excluding hydrogens is 179 g/mol. The first-order valence-corrected chi connectivity index (χ1v) is 6.05. The highest BCUT2D eigenvalue weighted by Crippen LogP contribution is 2.41. The summed E-state index contributed by atoms with van der Waals surface area (Å²) in [7, 11) is -1.17. The second-order valence-corrected chi connectivity index (χ2v) is 5.32. The van der Waals surface area contributed by atoms with Crippen molar-refractivity contribution < 1.29 is 18.6 Å². The number of carbonyl (C=O) groups is 1. The molecular formula is C7H15O4P. The molecule has 0 aliphatic rings. The number of esters is 1. The summed E-state index contributed by atoms with van der Waals surface area (Å²) in [6.45, 7) is 3.60. The van der Waals surface area contributed by atoms with Crippen LogP contribution in [0.1, 0.15) is 13.3 Å². The number of rotatable bonds is 5. The van der Waals surface area contributed by atoms with Crippen LogP contribution in [0, 0.1) is 0 Å². The minimum Gasteiger partial charge on any atom is -0.466 e. The largest absolute Gasteiger partial charge is 0.466 e. The molecule has 0 aromatic rings. The second kappa shape index (κ2) is 5.33. The van der Waals surface area contributed by atoms with Crippen LogP contribution in [0.25, 0.3) is 0 Å². The standard InChI is InChI=1S/C7H15O4P/c1-4-11-7(8)5-6-12(3,9)10-2/h4-6H2,1-3H3. The molecule has 4 nitrogen and oxygen atoms in total. The fourth-order valence-electron chi connectivity index (χ4n) is 0.619. The van der Waals surface area contributed by atoms with Gasteiger partial charge in [0.05, 0.1) is 13.0 Å². The van der Waals surface area contributed by atoms with Crippen LogP contribution in [0.5, 0.6) is 0 Å². The summed E-state index contributed by atoms with van der Waals surface area (Å²) >= 11 is 0. The van der Waals surface area contributed by atoms with Crippen molar-refractivity contribution in [2.45, 2.75) is 13.3 Å². The molecule has 0 aliphatic heterocycles. The van der Waals surface area contributed by atoms with Gasteiger partial charge in [0.2, 0.25) is 7.37 Å². The second-order valence-electron chi connectivity index (χ2n) is 2.48. The summed E-state index contributed by atoms with van der Waals surface area (Å²) in [5.41, 5.74) is 0. The normalized spacial score (nSPS) is 15.2. The molecule has 0 heterocycles. The third-order valence-electron chi connectivity index (χ3n) is 1.41. The van der Waals surface area contributed by atoms with Gasteiger partial charge in [0.1, 0.15) is 0 Å². The first-order valence-electron chi connectivity index (χ1n) is 3.79. The molecule has 0 bridgehead atoms. The van der Waals surface area contributed by atoms with E-state index in [-0.39, 0.29) is 18.6 Å². The van der Waals surface area contributed by atoms with Crippen molar-refractivity contribution in [1.82, 2.24) is 0 Å². The smallest absolute Gasteiger partial charge is 0.306 e. The van der Waals surface area contributed by atoms with Crippen LogP contribution in [0.2, 0.25) is 0 Å². The Morgan fingerprint density at radius 3 is 2.50 bits per heavy atom. The topological polar surface area (TPSA) is 52.6 Å². The molecule has 0 amide bonds. The molecule has 12 heavy (non-hydrogen) atoms. The average Bonchev–Trinajstić information content (AvgIpc) is 2.02. The van der Waals surface area contributed by atoms with E-state index in [0.717, 1.165) is 0 Å². The summed E-state index contributed by atoms with van der Waals surface area (Å²) in [5.74, 6) is -0.323. The van der Waals surface area contributed by atoms with Crippen molar-refractivity contribution >= 4 is 13.3 Å². The monoisotopic (exact) mass is 194 g/mol. The van der Waals surface area contributed by atoms with Crippen LogP contribution in [0.4, 0.5) is 0 Å². The molecule has 0 aliphatic carbocycles. The zero-order chi connectivity index (χ0) is 9.61.